The van der Waals surface area contributed by atoms with Crippen molar-refractivity contribution < 1.29 is 13.5 Å². The maximum absolute atomic E-state index is 13.7. The monoisotopic (exact) mass is 305 g/mol. The van der Waals surface area contributed by atoms with E-state index >= 15 is 0 Å². The molecule has 0 aliphatic carbocycles. The van der Waals surface area contributed by atoms with Gasteiger partial charge in [0.05, 0.1) is 18.6 Å². The fourth-order valence-electron chi connectivity index (χ4n) is 2.05. The van der Waals surface area contributed by atoms with Crippen molar-refractivity contribution in [3.05, 3.63) is 42.5 Å². The summed E-state index contributed by atoms with van der Waals surface area (Å²) in [4.78, 5) is 12.4. The highest BCUT2D eigenvalue weighted by Gasteiger charge is 2.12. The third kappa shape index (κ3) is 2.73. The van der Waals surface area contributed by atoms with Crippen molar-refractivity contribution in [1.29, 1.82) is 0 Å². The smallest absolute Gasteiger partial charge is 0.165 e. The maximum atomic E-state index is 13.7. The average Bonchev–Trinajstić information content (AvgIpc) is 2.93. The number of fused-ring (bicyclic) bond motifs is 1. The van der Waals surface area contributed by atoms with E-state index in [2.05, 4.69) is 20.3 Å². The summed E-state index contributed by atoms with van der Waals surface area (Å²) in [5, 5.41) is 2.75. The van der Waals surface area contributed by atoms with Gasteiger partial charge in [-0.1, -0.05) is 0 Å². The number of anilines is 2. The maximum Gasteiger partial charge on any atom is 0.165 e. The molecule has 1 aromatic carbocycles. The van der Waals surface area contributed by atoms with Crippen LogP contribution >= 0.6 is 0 Å². The number of aromatic nitrogens is 4. The molecule has 0 aliphatic rings. The van der Waals surface area contributed by atoms with Crippen molar-refractivity contribution in [2.75, 3.05) is 19.0 Å². The van der Waals surface area contributed by atoms with Gasteiger partial charge in [0.2, 0.25) is 0 Å². The van der Waals surface area contributed by atoms with E-state index in [9.17, 15) is 8.78 Å². The third-order valence-corrected chi connectivity index (χ3v) is 3.12. The number of nitrogens with one attached hydrogen (secondary N) is 1. The van der Waals surface area contributed by atoms with Crippen LogP contribution in [0.2, 0.25) is 0 Å². The minimum absolute atomic E-state index is 0.00792. The second-order valence-corrected chi connectivity index (χ2v) is 4.57. The van der Waals surface area contributed by atoms with Gasteiger partial charge in [0.1, 0.15) is 18.0 Å². The molecule has 22 heavy (non-hydrogen) atoms. The topological polar surface area (TPSA) is 64.9 Å². The van der Waals surface area contributed by atoms with Crippen molar-refractivity contribution in [2.45, 2.75) is 6.54 Å². The Kier molecular flexibility index (Phi) is 3.92. The Morgan fingerprint density at radius 1 is 1.23 bits per heavy atom. The first kappa shape index (κ1) is 14.3. The minimum atomic E-state index is -0.577. The van der Waals surface area contributed by atoms with Crippen molar-refractivity contribution >= 4 is 22.7 Å². The van der Waals surface area contributed by atoms with Gasteiger partial charge >= 0.3 is 0 Å². The van der Waals surface area contributed by atoms with Crippen LogP contribution in [0.3, 0.4) is 0 Å². The standard InChI is InChI=1S/C14H13F2N5O/c1-22-5-4-21-8-19-12-13(17-7-18-14(12)21)20-11-6-9(15)2-3-10(11)16/h2-3,6-8H,4-5H2,1H3,(H,17,18,20). The first-order chi connectivity index (χ1) is 10.7. The van der Waals surface area contributed by atoms with E-state index in [1.807, 2.05) is 0 Å². The molecule has 3 rings (SSSR count). The van der Waals surface area contributed by atoms with E-state index in [-0.39, 0.29) is 5.69 Å². The van der Waals surface area contributed by atoms with Crippen molar-refractivity contribution in [1.82, 2.24) is 19.5 Å². The summed E-state index contributed by atoms with van der Waals surface area (Å²) in [6.45, 7) is 1.09. The van der Waals surface area contributed by atoms with Crippen LogP contribution in [-0.2, 0) is 11.3 Å². The molecule has 3 aromatic rings. The third-order valence-electron chi connectivity index (χ3n) is 3.12. The van der Waals surface area contributed by atoms with Crippen LogP contribution in [0.15, 0.2) is 30.9 Å². The van der Waals surface area contributed by atoms with E-state index < -0.39 is 11.6 Å². The fraction of sp³-hybridized carbons (Fsp3) is 0.214. The number of hydrogen-bond acceptors (Lipinski definition) is 5. The van der Waals surface area contributed by atoms with E-state index in [0.29, 0.717) is 30.1 Å². The zero-order valence-corrected chi connectivity index (χ0v) is 11.8. The Labute approximate surface area is 124 Å². The number of methoxy groups -OCH3 is 1. The molecule has 1 N–H and O–H groups in total. The lowest BCUT2D eigenvalue weighted by atomic mass is 10.3. The minimum Gasteiger partial charge on any atom is -0.383 e. The molecular weight excluding hydrogens is 292 g/mol. The second-order valence-electron chi connectivity index (χ2n) is 4.57. The van der Waals surface area contributed by atoms with Gasteiger partial charge in [-0.3, -0.25) is 0 Å². The van der Waals surface area contributed by atoms with Gasteiger partial charge in [-0.15, -0.1) is 0 Å². The molecule has 2 heterocycles. The molecule has 6 nitrogen and oxygen atoms in total. The van der Waals surface area contributed by atoms with E-state index in [0.717, 1.165) is 18.2 Å². The largest absolute Gasteiger partial charge is 0.383 e. The highest BCUT2D eigenvalue weighted by atomic mass is 19.1. The molecule has 0 fully saturated rings. The molecule has 0 amide bonds. The van der Waals surface area contributed by atoms with Crippen LogP contribution in [0, 0.1) is 11.6 Å². The number of halogens is 2. The van der Waals surface area contributed by atoms with Crippen LogP contribution in [-0.4, -0.2) is 33.2 Å². The van der Waals surface area contributed by atoms with E-state index in [1.54, 1.807) is 18.0 Å². The van der Waals surface area contributed by atoms with Gasteiger partial charge in [0, 0.05) is 19.7 Å². The van der Waals surface area contributed by atoms with Gasteiger partial charge in [-0.05, 0) is 12.1 Å². The second kappa shape index (κ2) is 6.02. The molecule has 0 atom stereocenters. The Balaban J connectivity index is 1.97. The predicted molar refractivity (Wildman–Crippen MR) is 76.8 cm³/mol. The van der Waals surface area contributed by atoms with E-state index in [1.165, 1.54) is 6.33 Å². The zero-order valence-electron chi connectivity index (χ0n) is 11.8. The van der Waals surface area contributed by atoms with Gasteiger partial charge in [0.15, 0.2) is 17.0 Å². The van der Waals surface area contributed by atoms with Gasteiger partial charge in [-0.2, -0.15) is 0 Å². The molecular formula is C14H13F2N5O. The molecule has 0 spiro atoms. The lowest BCUT2D eigenvalue weighted by molar-refractivity contribution is 0.188. The molecule has 0 bridgehead atoms. The average molecular weight is 305 g/mol. The van der Waals surface area contributed by atoms with Crippen LogP contribution < -0.4 is 5.32 Å². The number of ether oxygens (including phenoxy) is 1. The summed E-state index contributed by atoms with van der Waals surface area (Å²) in [7, 11) is 1.60. The number of benzene rings is 1. The number of imidazole rings is 1. The highest BCUT2D eigenvalue weighted by Crippen LogP contribution is 2.24. The molecule has 114 valence electrons. The summed E-state index contributed by atoms with van der Waals surface area (Å²) in [6.07, 6.45) is 2.94. The Bertz CT molecular complexity index is 805. The van der Waals surface area contributed by atoms with Gasteiger partial charge in [-0.25, -0.2) is 23.7 Å². The Morgan fingerprint density at radius 3 is 2.91 bits per heavy atom. The first-order valence-corrected chi connectivity index (χ1v) is 6.56. The molecule has 0 radical (unpaired) electrons. The summed E-state index contributed by atoms with van der Waals surface area (Å²) < 4.78 is 33.8. The molecule has 0 saturated heterocycles. The SMILES string of the molecule is COCCn1cnc2c(Nc3cc(F)ccc3F)ncnc21. The van der Waals surface area contributed by atoms with Crippen molar-refractivity contribution in [2.24, 2.45) is 0 Å². The van der Waals surface area contributed by atoms with Gasteiger partial charge in [0.25, 0.3) is 0 Å². The lowest BCUT2D eigenvalue weighted by Gasteiger charge is -2.07. The quantitative estimate of drug-likeness (QED) is 0.784. The summed E-state index contributed by atoms with van der Waals surface area (Å²) in [6, 6.07) is 3.16. The number of nitrogens with zero attached hydrogens (tertiary/aromatic N) is 4. The molecule has 2 aromatic heterocycles. The van der Waals surface area contributed by atoms with Crippen molar-refractivity contribution in [3.63, 3.8) is 0 Å². The molecule has 0 aliphatic heterocycles. The van der Waals surface area contributed by atoms with Crippen LogP contribution in [0.5, 0.6) is 0 Å². The first-order valence-electron chi connectivity index (χ1n) is 6.56. The van der Waals surface area contributed by atoms with Crippen LogP contribution in [0.25, 0.3) is 11.2 Å². The fourth-order valence-corrected chi connectivity index (χ4v) is 2.05. The predicted octanol–water partition coefficient (Wildman–Crippen LogP) is 2.49. The Hall–Kier alpha value is -2.61. The Morgan fingerprint density at radius 2 is 2.09 bits per heavy atom. The lowest BCUT2D eigenvalue weighted by Crippen LogP contribution is -2.04. The zero-order chi connectivity index (χ0) is 15.5. The molecule has 0 unspecified atom stereocenters. The van der Waals surface area contributed by atoms with Crippen LogP contribution in [0.1, 0.15) is 0 Å². The number of rotatable bonds is 5. The number of hydrogen-bond donors (Lipinski definition) is 1. The van der Waals surface area contributed by atoms with E-state index in [4.69, 9.17) is 4.74 Å². The normalized spacial score (nSPS) is 11.0. The summed E-state index contributed by atoms with van der Waals surface area (Å²) >= 11 is 0. The summed E-state index contributed by atoms with van der Waals surface area (Å²) in [5.74, 6) is -0.808. The van der Waals surface area contributed by atoms with Crippen LogP contribution in [0.4, 0.5) is 20.3 Å². The van der Waals surface area contributed by atoms with Crippen molar-refractivity contribution in [3.8, 4) is 0 Å². The molecule has 0 saturated carbocycles. The summed E-state index contributed by atoms with van der Waals surface area (Å²) in [5.41, 5.74) is 1.06. The highest BCUT2D eigenvalue weighted by molar-refractivity contribution is 5.85. The molecule has 8 heteroatoms. The van der Waals surface area contributed by atoms with Gasteiger partial charge < -0.3 is 14.6 Å².